The minimum atomic E-state index is -0.281. The van der Waals surface area contributed by atoms with E-state index in [0.29, 0.717) is 0 Å². The average molecular weight is 943 g/mol. The third-order valence-corrected chi connectivity index (χ3v) is 15.7. The molecule has 0 aliphatic heterocycles. The van der Waals surface area contributed by atoms with Gasteiger partial charge in [-0.3, -0.25) is 0 Å². The van der Waals surface area contributed by atoms with E-state index in [1.807, 2.05) is 0 Å². The molecule has 0 spiro atoms. The zero-order valence-electron chi connectivity index (χ0n) is 41.0. The van der Waals surface area contributed by atoms with Gasteiger partial charge in [0.25, 0.3) is 0 Å². The highest BCUT2D eigenvalue weighted by atomic mass is 15.1. The first-order valence-electron chi connectivity index (χ1n) is 25.7. The first-order chi connectivity index (χ1) is 36.6. The second kappa shape index (κ2) is 17.7. The molecule has 0 N–H and O–H groups in total. The molecule has 2 nitrogen and oxygen atoms in total. The van der Waals surface area contributed by atoms with Crippen molar-refractivity contribution in [2.45, 2.75) is 12.3 Å². The Morgan fingerprint density at radius 3 is 1.73 bits per heavy atom. The quantitative estimate of drug-likeness (QED) is 0.140. The topological polar surface area (TPSA) is 8.17 Å². The molecule has 1 aliphatic carbocycles. The molecule has 1 aromatic heterocycles. The number of benzene rings is 12. The van der Waals surface area contributed by atoms with Crippen LogP contribution in [0.2, 0.25) is 0 Å². The molecule has 0 radical (unpaired) electrons. The highest BCUT2D eigenvalue weighted by molar-refractivity contribution is 6.14. The molecular formula is C72H50N2. The molecule has 1 aliphatic rings. The van der Waals surface area contributed by atoms with Crippen LogP contribution in [0.25, 0.3) is 93.9 Å². The van der Waals surface area contributed by atoms with Gasteiger partial charge in [-0.1, -0.05) is 231 Å². The third-order valence-electron chi connectivity index (χ3n) is 15.7. The summed E-state index contributed by atoms with van der Waals surface area (Å²) >= 11 is 0. The maximum absolute atomic E-state index is 2.46. The predicted molar refractivity (Wildman–Crippen MR) is 312 cm³/mol. The number of nitrogens with zero attached hydrogens (tertiary/aromatic N) is 2. The van der Waals surface area contributed by atoms with Crippen molar-refractivity contribution < 1.29 is 0 Å². The van der Waals surface area contributed by atoms with Crippen molar-refractivity contribution in [3.8, 4) is 61.3 Å². The Hall–Kier alpha value is -9.50. The smallest absolute Gasteiger partial charge is 0.0619 e. The van der Waals surface area contributed by atoms with Gasteiger partial charge in [0.1, 0.15) is 0 Å². The molecule has 14 rings (SSSR count). The molecular weight excluding hydrogens is 893 g/mol. The van der Waals surface area contributed by atoms with Gasteiger partial charge in [-0.2, -0.15) is 0 Å². The normalized spacial score (nSPS) is 13.8. The molecule has 0 saturated heterocycles. The Bertz CT molecular complexity index is 4240. The molecule has 1 heterocycles. The second-order valence-corrected chi connectivity index (χ2v) is 19.7. The van der Waals surface area contributed by atoms with Gasteiger partial charge in [-0.25, -0.2) is 0 Å². The largest absolute Gasteiger partial charge is 0.310 e. The summed E-state index contributed by atoms with van der Waals surface area (Å²) in [5.41, 5.74) is 22.5. The Balaban J connectivity index is 0.955. The molecule has 12 aromatic carbocycles. The van der Waals surface area contributed by atoms with Crippen molar-refractivity contribution in [2.24, 2.45) is 0 Å². The van der Waals surface area contributed by atoms with Crippen LogP contribution in [0.15, 0.2) is 285 Å². The average Bonchev–Trinajstić information content (AvgIpc) is 3.95. The van der Waals surface area contributed by atoms with Crippen LogP contribution in [0.1, 0.15) is 23.6 Å². The summed E-state index contributed by atoms with van der Waals surface area (Å²) in [7, 11) is 0. The van der Waals surface area contributed by atoms with Crippen LogP contribution in [0.5, 0.6) is 0 Å². The van der Waals surface area contributed by atoms with Crippen molar-refractivity contribution in [2.75, 3.05) is 4.90 Å². The number of anilines is 3. The van der Waals surface area contributed by atoms with Gasteiger partial charge in [0.15, 0.2) is 0 Å². The molecule has 0 fully saturated rings. The number of hydrogen-bond donors (Lipinski definition) is 0. The van der Waals surface area contributed by atoms with Crippen molar-refractivity contribution in [1.29, 1.82) is 0 Å². The van der Waals surface area contributed by atoms with Crippen LogP contribution in [0.3, 0.4) is 0 Å². The number of aromatic nitrogens is 1. The Morgan fingerprint density at radius 2 is 0.919 bits per heavy atom. The third kappa shape index (κ3) is 6.94. The molecule has 13 aromatic rings. The summed E-state index contributed by atoms with van der Waals surface area (Å²) in [4.78, 5) is 2.46. The number of rotatable bonds is 9. The van der Waals surface area contributed by atoms with Gasteiger partial charge < -0.3 is 9.47 Å². The standard InChI is InChI=1S/C72H50N2/c1-72(54-26-7-3-8-27-54)66-38-14-11-31-60(66)61-46-43-52(48-67(61)72)49-41-44-56(45-42-49)73(68-39-15-12-32-62(68)64-36-19-24-51-23-18-34-58(70(51)64)50-21-5-2-6-22-50)57-30-17-25-53(47-57)59-35-20-37-65-63-33-13-16-40-69(63)74(71(59)65)55-28-9-4-10-29-55/h2-48H,1H3. The van der Waals surface area contributed by atoms with Gasteiger partial charge in [-0.05, 0) is 133 Å². The fourth-order valence-corrected chi connectivity index (χ4v) is 12.2. The predicted octanol–water partition coefficient (Wildman–Crippen LogP) is 19.4. The molecule has 1 unspecified atom stereocenters. The molecule has 0 saturated carbocycles. The van der Waals surface area contributed by atoms with Crippen LogP contribution in [0.4, 0.5) is 17.1 Å². The van der Waals surface area contributed by atoms with E-state index in [1.54, 1.807) is 0 Å². The highest BCUT2D eigenvalue weighted by Crippen LogP contribution is 2.53. The van der Waals surface area contributed by atoms with Gasteiger partial charge >= 0.3 is 0 Å². The van der Waals surface area contributed by atoms with Crippen molar-refractivity contribution in [3.63, 3.8) is 0 Å². The number of para-hydroxylation sites is 4. The molecule has 0 amide bonds. The monoisotopic (exact) mass is 942 g/mol. The maximum Gasteiger partial charge on any atom is 0.0619 e. The lowest BCUT2D eigenvalue weighted by molar-refractivity contribution is 0.714. The van der Waals surface area contributed by atoms with E-state index in [4.69, 9.17) is 0 Å². The summed E-state index contributed by atoms with van der Waals surface area (Å²) in [6.45, 7) is 2.39. The van der Waals surface area contributed by atoms with Crippen molar-refractivity contribution >= 4 is 49.6 Å². The van der Waals surface area contributed by atoms with Crippen molar-refractivity contribution in [3.05, 3.63) is 302 Å². The van der Waals surface area contributed by atoms with Gasteiger partial charge in [0, 0.05) is 44.4 Å². The summed E-state index contributed by atoms with van der Waals surface area (Å²) in [6.07, 6.45) is 0. The first-order valence-corrected chi connectivity index (χ1v) is 25.7. The number of hydrogen-bond acceptors (Lipinski definition) is 1. The fourth-order valence-electron chi connectivity index (χ4n) is 12.2. The van der Waals surface area contributed by atoms with E-state index >= 15 is 0 Å². The van der Waals surface area contributed by atoms with E-state index in [0.717, 1.165) is 33.9 Å². The molecule has 348 valence electrons. The Kier molecular flexibility index (Phi) is 10.3. The van der Waals surface area contributed by atoms with Gasteiger partial charge in [-0.15, -0.1) is 0 Å². The lowest BCUT2D eigenvalue weighted by atomic mass is 9.74. The van der Waals surface area contributed by atoms with Gasteiger partial charge in [0.2, 0.25) is 0 Å². The van der Waals surface area contributed by atoms with Gasteiger partial charge in [0.05, 0.1) is 16.7 Å². The summed E-state index contributed by atoms with van der Waals surface area (Å²) in [6, 6.07) is 105. The zero-order chi connectivity index (χ0) is 49.2. The zero-order valence-corrected chi connectivity index (χ0v) is 41.0. The van der Waals surface area contributed by atoms with E-state index in [-0.39, 0.29) is 5.41 Å². The van der Waals surface area contributed by atoms with E-state index < -0.39 is 0 Å². The molecule has 0 bridgehead atoms. The van der Waals surface area contributed by atoms with Crippen LogP contribution in [0, 0.1) is 0 Å². The highest BCUT2D eigenvalue weighted by Gasteiger charge is 2.40. The van der Waals surface area contributed by atoms with Crippen molar-refractivity contribution in [1.82, 2.24) is 4.57 Å². The van der Waals surface area contributed by atoms with E-state index in [9.17, 15) is 0 Å². The van der Waals surface area contributed by atoms with Crippen LogP contribution >= 0.6 is 0 Å². The minimum absolute atomic E-state index is 0.281. The van der Waals surface area contributed by atoms with E-state index in [1.165, 1.54) is 93.8 Å². The van der Waals surface area contributed by atoms with Crippen LogP contribution in [-0.2, 0) is 5.41 Å². The molecule has 74 heavy (non-hydrogen) atoms. The fraction of sp³-hybridized carbons (Fsp3) is 0.0278. The maximum atomic E-state index is 2.46. The lowest BCUT2D eigenvalue weighted by Gasteiger charge is -2.29. The SMILES string of the molecule is CC1(c2ccccc2)c2ccccc2-c2ccc(-c3ccc(N(c4cccc(-c5cccc6c7ccccc7n(-c7ccccc7)c56)c4)c4ccccc4-c4cccc5cccc(-c6ccccc6)c45)cc3)cc21. The summed E-state index contributed by atoms with van der Waals surface area (Å²) < 4.78 is 2.43. The first kappa shape index (κ1) is 43.3. The Labute approximate surface area is 432 Å². The summed E-state index contributed by atoms with van der Waals surface area (Å²) in [5.74, 6) is 0. The second-order valence-electron chi connectivity index (χ2n) is 19.7. The van der Waals surface area contributed by atoms with Crippen LogP contribution in [-0.4, -0.2) is 4.57 Å². The molecule has 1 atom stereocenters. The van der Waals surface area contributed by atoms with E-state index in [2.05, 4.69) is 302 Å². The Morgan fingerprint density at radius 1 is 0.338 bits per heavy atom. The summed E-state index contributed by atoms with van der Waals surface area (Å²) in [5, 5.41) is 4.91. The van der Waals surface area contributed by atoms with Crippen LogP contribution < -0.4 is 4.90 Å². The lowest BCUT2D eigenvalue weighted by Crippen LogP contribution is -2.22. The number of fused-ring (bicyclic) bond motifs is 7. The molecule has 2 heteroatoms. The minimum Gasteiger partial charge on any atom is -0.310 e.